The van der Waals surface area contributed by atoms with Crippen LogP contribution in [0.1, 0.15) is 35.3 Å². The third-order valence-corrected chi connectivity index (χ3v) is 6.69. The number of rotatable bonds is 9. The van der Waals surface area contributed by atoms with Gasteiger partial charge in [-0.2, -0.15) is 0 Å². The second-order valence-corrected chi connectivity index (χ2v) is 10.0. The number of nitrogens with zero attached hydrogens (tertiary/aromatic N) is 1. The van der Waals surface area contributed by atoms with Crippen molar-refractivity contribution in [2.24, 2.45) is 0 Å². The summed E-state index contributed by atoms with van der Waals surface area (Å²) in [5.74, 6) is -1.24. The van der Waals surface area contributed by atoms with Crippen molar-refractivity contribution in [3.63, 3.8) is 0 Å². The van der Waals surface area contributed by atoms with Crippen molar-refractivity contribution in [2.75, 3.05) is 18.1 Å². The number of ether oxygens (including phenoxy) is 3. The number of carbonyl (C=O) groups is 4. The maximum absolute atomic E-state index is 13.3. The normalized spacial score (nSPS) is 14.2. The van der Waals surface area contributed by atoms with Crippen LogP contribution in [-0.4, -0.2) is 37.0 Å². The van der Waals surface area contributed by atoms with E-state index in [1.165, 1.54) is 30.3 Å². The zero-order chi connectivity index (χ0) is 28.8. The van der Waals surface area contributed by atoms with Crippen molar-refractivity contribution in [1.82, 2.24) is 5.32 Å². The predicted octanol–water partition coefficient (Wildman–Crippen LogP) is 5.77. The molecule has 0 radical (unpaired) electrons. The molecule has 9 nitrogen and oxygen atoms in total. The van der Waals surface area contributed by atoms with E-state index in [0.29, 0.717) is 32.3 Å². The molecule has 3 aromatic carbocycles. The Bertz CT molecular complexity index is 1500. The third-order valence-electron chi connectivity index (χ3n) is 5.65. The van der Waals surface area contributed by atoms with Crippen molar-refractivity contribution in [1.29, 1.82) is 0 Å². The van der Waals surface area contributed by atoms with Crippen LogP contribution in [0.25, 0.3) is 6.08 Å². The lowest BCUT2D eigenvalue weighted by atomic mass is 10.1. The van der Waals surface area contributed by atoms with E-state index >= 15 is 0 Å². The molecule has 1 aliphatic heterocycles. The minimum absolute atomic E-state index is 0.184. The van der Waals surface area contributed by atoms with E-state index < -0.39 is 23.8 Å². The number of esters is 1. The van der Waals surface area contributed by atoms with Crippen molar-refractivity contribution < 1.29 is 33.4 Å². The zero-order valence-corrected chi connectivity index (χ0v) is 24.4. The maximum Gasteiger partial charge on any atom is 0.338 e. The number of imide groups is 2. The molecule has 1 heterocycles. The molecule has 11 heteroatoms. The van der Waals surface area contributed by atoms with E-state index in [0.717, 1.165) is 10.5 Å². The molecule has 0 bridgehead atoms. The van der Waals surface area contributed by atoms with Gasteiger partial charge in [0.25, 0.3) is 11.8 Å². The molecule has 0 aliphatic carbocycles. The van der Waals surface area contributed by atoms with Gasteiger partial charge in [-0.15, -0.1) is 0 Å². The lowest BCUT2D eigenvalue weighted by Gasteiger charge is -2.26. The van der Waals surface area contributed by atoms with E-state index in [1.807, 2.05) is 19.1 Å². The second-order valence-electron chi connectivity index (χ2n) is 8.41. The highest BCUT2D eigenvalue weighted by Gasteiger charge is 2.37. The first-order valence-electron chi connectivity index (χ1n) is 12.2. The van der Waals surface area contributed by atoms with Crippen LogP contribution in [-0.2, 0) is 20.9 Å². The van der Waals surface area contributed by atoms with Gasteiger partial charge in [-0.25, -0.2) is 14.5 Å². The smallest absolute Gasteiger partial charge is 0.338 e. The van der Waals surface area contributed by atoms with Gasteiger partial charge in [0.05, 0.1) is 28.0 Å². The number of hydrogen-bond acceptors (Lipinski definition) is 7. The summed E-state index contributed by atoms with van der Waals surface area (Å²) in [6.45, 7) is 4.33. The van der Waals surface area contributed by atoms with Gasteiger partial charge >= 0.3 is 12.0 Å². The molecule has 1 fully saturated rings. The Kier molecular flexibility index (Phi) is 9.43. The lowest BCUT2D eigenvalue weighted by molar-refractivity contribution is -0.122. The van der Waals surface area contributed by atoms with Gasteiger partial charge in [-0.1, -0.05) is 23.7 Å². The highest BCUT2D eigenvalue weighted by molar-refractivity contribution is 14.1. The Morgan fingerprint density at radius 1 is 1.00 bits per heavy atom. The zero-order valence-electron chi connectivity index (χ0n) is 21.5. The van der Waals surface area contributed by atoms with Crippen molar-refractivity contribution in [3.8, 4) is 11.5 Å². The predicted molar refractivity (Wildman–Crippen MR) is 158 cm³/mol. The number of amides is 4. The molecule has 0 atom stereocenters. The molecular weight excluding hydrogens is 651 g/mol. The summed E-state index contributed by atoms with van der Waals surface area (Å²) in [5, 5.41) is 2.79. The topological polar surface area (TPSA) is 111 Å². The van der Waals surface area contributed by atoms with Gasteiger partial charge < -0.3 is 14.2 Å². The van der Waals surface area contributed by atoms with Crippen LogP contribution in [0.4, 0.5) is 10.5 Å². The van der Waals surface area contributed by atoms with Gasteiger partial charge in [0, 0.05) is 5.02 Å². The summed E-state index contributed by atoms with van der Waals surface area (Å²) in [5.41, 5.74) is 1.57. The lowest BCUT2D eigenvalue weighted by Crippen LogP contribution is -2.54. The van der Waals surface area contributed by atoms with Gasteiger partial charge in [0.2, 0.25) is 0 Å². The molecule has 0 aromatic heterocycles. The van der Waals surface area contributed by atoms with Crippen LogP contribution in [0.5, 0.6) is 11.5 Å². The number of nitrogens with one attached hydrogen (secondary N) is 1. The summed E-state index contributed by atoms with van der Waals surface area (Å²) in [6.07, 6.45) is 1.38. The fourth-order valence-corrected chi connectivity index (χ4v) is 4.87. The summed E-state index contributed by atoms with van der Waals surface area (Å²) in [6, 6.07) is 15.5. The highest BCUT2D eigenvalue weighted by Crippen LogP contribution is 2.36. The monoisotopic (exact) mass is 674 g/mol. The number of anilines is 1. The molecule has 1 aliphatic rings. The van der Waals surface area contributed by atoms with E-state index in [-0.39, 0.29) is 30.0 Å². The first-order chi connectivity index (χ1) is 19.2. The van der Waals surface area contributed by atoms with Crippen LogP contribution in [0, 0.1) is 3.57 Å². The molecular formula is C29H24ClIN2O7. The molecule has 0 spiro atoms. The molecule has 1 saturated heterocycles. The minimum atomic E-state index is -0.898. The van der Waals surface area contributed by atoms with Gasteiger partial charge in [-0.3, -0.25) is 14.9 Å². The Morgan fingerprint density at radius 2 is 1.75 bits per heavy atom. The molecule has 40 heavy (non-hydrogen) atoms. The molecule has 4 amide bonds. The average Bonchev–Trinajstić information content (AvgIpc) is 2.91. The highest BCUT2D eigenvalue weighted by atomic mass is 127. The SMILES string of the molecule is CCOC(=O)c1ccc(N2C(=O)NC(=O)/C(=C\c3cc(I)c(OCc4cccc(Cl)c4)c(OCC)c3)C2=O)cc1. The van der Waals surface area contributed by atoms with Crippen LogP contribution >= 0.6 is 34.2 Å². The third kappa shape index (κ3) is 6.62. The largest absolute Gasteiger partial charge is 0.490 e. The first kappa shape index (κ1) is 29.1. The Balaban J connectivity index is 1.62. The molecule has 0 saturated carbocycles. The van der Waals surface area contributed by atoms with Gasteiger partial charge in [0.1, 0.15) is 12.2 Å². The van der Waals surface area contributed by atoms with Gasteiger partial charge in [0.15, 0.2) is 11.5 Å². The maximum atomic E-state index is 13.3. The number of barbiturate groups is 1. The standard InChI is InChI=1S/C29H24ClIN2O7/c1-3-38-24-15-18(14-23(31)25(24)40-16-17-6-5-7-20(30)12-17)13-22-26(34)32-29(37)33(27(22)35)21-10-8-19(9-11-21)28(36)39-4-2/h5-15H,3-4,16H2,1-2H3,(H,32,34,37)/b22-13+. The number of benzene rings is 3. The molecule has 4 rings (SSSR count). The van der Waals surface area contributed by atoms with Crippen LogP contribution < -0.4 is 19.7 Å². The summed E-state index contributed by atoms with van der Waals surface area (Å²) < 4.78 is 17.5. The van der Waals surface area contributed by atoms with Crippen LogP contribution in [0.15, 0.2) is 66.2 Å². The van der Waals surface area contributed by atoms with Crippen molar-refractivity contribution in [2.45, 2.75) is 20.5 Å². The van der Waals surface area contributed by atoms with Crippen LogP contribution in [0.2, 0.25) is 5.02 Å². The van der Waals surface area contributed by atoms with Crippen LogP contribution in [0.3, 0.4) is 0 Å². The number of carbonyl (C=O) groups excluding carboxylic acids is 4. The molecule has 206 valence electrons. The molecule has 0 unspecified atom stereocenters. The minimum Gasteiger partial charge on any atom is -0.490 e. The fourth-order valence-electron chi connectivity index (χ4n) is 3.88. The molecule has 3 aromatic rings. The van der Waals surface area contributed by atoms with E-state index in [1.54, 1.807) is 31.2 Å². The Labute approximate surface area is 249 Å². The summed E-state index contributed by atoms with van der Waals surface area (Å²) >= 11 is 8.16. The summed E-state index contributed by atoms with van der Waals surface area (Å²) in [7, 11) is 0. The van der Waals surface area contributed by atoms with Crippen molar-refractivity contribution >= 4 is 69.8 Å². The first-order valence-corrected chi connectivity index (χ1v) is 13.7. The van der Waals surface area contributed by atoms with Crippen molar-refractivity contribution in [3.05, 3.63) is 91.5 Å². The van der Waals surface area contributed by atoms with Gasteiger partial charge in [-0.05, 0) is 102 Å². The summed E-state index contributed by atoms with van der Waals surface area (Å²) in [4.78, 5) is 51.4. The second kappa shape index (κ2) is 13.0. The van der Waals surface area contributed by atoms with E-state index in [4.69, 9.17) is 25.8 Å². The number of halogens is 2. The Hall–Kier alpha value is -3.90. The van der Waals surface area contributed by atoms with E-state index in [2.05, 4.69) is 27.9 Å². The average molecular weight is 675 g/mol. The number of urea groups is 1. The quantitative estimate of drug-likeness (QED) is 0.133. The fraction of sp³-hybridized carbons (Fsp3) is 0.172. The van der Waals surface area contributed by atoms with E-state index in [9.17, 15) is 19.2 Å². The number of hydrogen-bond donors (Lipinski definition) is 1. The Morgan fingerprint density at radius 3 is 2.42 bits per heavy atom. The molecule has 1 N–H and O–H groups in total.